The molecule has 1 N–H and O–H groups in total. The van der Waals surface area contributed by atoms with E-state index in [1.54, 1.807) is 19.1 Å². The van der Waals surface area contributed by atoms with Crippen molar-refractivity contribution < 1.29 is 19.1 Å². The largest absolute Gasteiger partial charge is 0.480 e. The molecule has 2 aromatic carbocycles. The molecule has 0 bridgehead atoms. The number of nitrogens with one attached hydrogen (secondary N) is 1. The number of carbonyl (C=O) groups excluding carboxylic acids is 2. The number of ether oxygens (including phenoxy) is 2. The Labute approximate surface area is 174 Å². The monoisotopic (exact) mass is 412 g/mol. The van der Waals surface area contributed by atoms with E-state index in [2.05, 4.69) is 11.4 Å². The molecular formula is C22H21ClN2O4. The van der Waals surface area contributed by atoms with Gasteiger partial charge in [0.2, 0.25) is 0 Å². The van der Waals surface area contributed by atoms with Crippen LogP contribution in [0.4, 0.5) is 0 Å². The van der Waals surface area contributed by atoms with Crippen molar-refractivity contribution in [2.24, 2.45) is 5.92 Å². The van der Waals surface area contributed by atoms with Crippen molar-refractivity contribution in [3.63, 3.8) is 0 Å². The third kappa shape index (κ3) is 5.49. The normalized spacial score (nSPS) is 14.9. The maximum Gasteiger partial charge on any atom is 0.344 e. The van der Waals surface area contributed by atoms with Crippen LogP contribution in [0.1, 0.15) is 19.8 Å². The number of esters is 1. The summed E-state index contributed by atoms with van der Waals surface area (Å²) in [4.78, 5) is 23.8. The second kappa shape index (κ2) is 8.97. The Bertz CT molecular complexity index is 938. The Morgan fingerprint density at radius 1 is 1.17 bits per heavy atom. The van der Waals surface area contributed by atoms with E-state index in [1.807, 2.05) is 36.4 Å². The SMILES string of the molecule is C[C@](C#N)(NC(=O)COC(=O)COc1ccc(-c2ccccc2)cc1Cl)C1CC1. The molecule has 7 heteroatoms. The number of nitrogens with zero attached hydrogens (tertiary/aromatic N) is 1. The van der Waals surface area contributed by atoms with Crippen LogP contribution in [0.15, 0.2) is 48.5 Å². The highest BCUT2D eigenvalue weighted by Gasteiger charge is 2.43. The number of halogens is 1. The van der Waals surface area contributed by atoms with Gasteiger partial charge in [0.05, 0.1) is 11.1 Å². The van der Waals surface area contributed by atoms with Crippen molar-refractivity contribution in [2.75, 3.05) is 13.2 Å². The standard InChI is InChI=1S/C22H21ClN2O4/c1-22(14-24,17-8-9-17)25-20(26)12-29-21(27)13-28-19-10-7-16(11-18(19)23)15-5-3-2-4-6-15/h2-7,10-11,17H,8-9,12-13H2,1H3,(H,25,26)/t22-/m1/s1. The molecule has 0 radical (unpaired) electrons. The molecule has 3 rings (SSSR count). The summed E-state index contributed by atoms with van der Waals surface area (Å²) >= 11 is 6.24. The zero-order valence-electron chi connectivity index (χ0n) is 16.0. The van der Waals surface area contributed by atoms with Crippen LogP contribution in [-0.2, 0) is 14.3 Å². The first kappa shape index (κ1) is 20.7. The Hall–Kier alpha value is -3.04. The first-order valence-corrected chi connectivity index (χ1v) is 9.65. The summed E-state index contributed by atoms with van der Waals surface area (Å²) in [6.45, 7) is 0.831. The molecule has 29 heavy (non-hydrogen) atoms. The van der Waals surface area contributed by atoms with Gasteiger partial charge >= 0.3 is 5.97 Å². The van der Waals surface area contributed by atoms with Crippen LogP contribution in [0, 0.1) is 17.2 Å². The molecule has 1 aliphatic rings. The molecule has 1 saturated carbocycles. The summed E-state index contributed by atoms with van der Waals surface area (Å²) in [6.07, 6.45) is 1.81. The average Bonchev–Trinajstić information content (AvgIpc) is 3.58. The van der Waals surface area contributed by atoms with Crippen LogP contribution in [0.3, 0.4) is 0 Å². The number of hydrogen-bond donors (Lipinski definition) is 1. The summed E-state index contributed by atoms with van der Waals surface area (Å²) in [7, 11) is 0. The van der Waals surface area contributed by atoms with Gasteiger partial charge < -0.3 is 14.8 Å². The maximum absolute atomic E-state index is 12.0. The number of benzene rings is 2. The van der Waals surface area contributed by atoms with E-state index < -0.39 is 24.0 Å². The quantitative estimate of drug-likeness (QED) is 0.667. The van der Waals surface area contributed by atoms with Crippen molar-refractivity contribution in [2.45, 2.75) is 25.3 Å². The van der Waals surface area contributed by atoms with Crippen LogP contribution in [0.2, 0.25) is 5.02 Å². The second-order valence-corrected chi connectivity index (χ2v) is 7.50. The van der Waals surface area contributed by atoms with Crippen LogP contribution in [0.25, 0.3) is 11.1 Å². The molecule has 6 nitrogen and oxygen atoms in total. The van der Waals surface area contributed by atoms with E-state index in [9.17, 15) is 14.9 Å². The van der Waals surface area contributed by atoms with Crippen molar-refractivity contribution in [3.8, 4) is 22.9 Å². The van der Waals surface area contributed by atoms with Gasteiger partial charge in [-0.2, -0.15) is 5.26 Å². The van der Waals surface area contributed by atoms with Crippen LogP contribution < -0.4 is 10.1 Å². The first-order chi connectivity index (χ1) is 13.9. The Kier molecular flexibility index (Phi) is 6.40. The lowest BCUT2D eigenvalue weighted by Gasteiger charge is -2.22. The number of amides is 1. The number of rotatable bonds is 8. The maximum atomic E-state index is 12.0. The summed E-state index contributed by atoms with van der Waals surface area (Å²) in [6, 6.07) is 17.1. The smallest absolute Gasteiger partial charge is 0.344 e. The molecule has 0 unspecified atom stereocenters. The van der Waals surface area contributed by atoms with Crippen LogP contribution >= 0.6 is 11.6 Å². The Balaban J connectivity index is 1.47. The lowest BCUT2D eigenvalue weighted by molar-refractivity contribution is -0.150. The van der Waals surface area contributed by atoms with Gasteiger partial charge in [0.1, 0.15) is 11.3 Å². The number of carbonyl (C=O) groups is 2. The first-order valence-electron chi connectivity index (χ1n) is 9.27. The van der Waals surface area contributed by atoms with E-state index in [1.165, 1.54) is 0 Å². The van der Waals surface area contributed by atoms with Crippen molar-refractivity contribution in [1.29, 1.82) is 5.26 Å². The van der Waals surface area contributed by atoms with Gasteiger partial charge in [-0.15, -0.1) is 0 Å². The van der Waals surface area contributed by atoms with Crippen LogP contribution in [0.5, 0.6) is 5.75 Å². The molecule has 1 atom stereocenters. The lowest BCUT2D eigenvalue weighted by Crippen LogP contribution is -2.48. The highest BCUT2D eigenvalue weighted by Crippen LogP contribution is 2.39. The number of hydrogen-bond acceptors (Lipinski definition) is 5. The molecule has 2 aromatic rings. The van der Waals surface area contributed by atoms with E-state index in [0.717, 1.165) is 24.0 Å². The molecule has 0 aliphatic heterocycles. The van der Waals surface area contributed by atoms with Crippen molar-refractivity contribution in [1.82, 2.24) is 5.32 Å². The van der Waals surface area contributed by atoms with Gasteiger partial charge in [0, 0.05) is 0 Å². The average molecular weight is 413 g/mol. The molecule has 1 amide bonds. The van der Waals surface area contributed by atoms with Crippen molar-refractivity contribution >= 4 is 23.5 Å². The van der Waals surface area contributed by atoms with Gasteiger partial charge in [-0.05, 0) is 48.9 Å². The third-order valence-electron chi connectivity index (χ3n) is 4.77. The highest BCUT2D eigenvalue weighted by molar-refractivity contribution is 6.32. The minimum absolute atomic E-state index is 0.150. The van der Waals surface area contributed by atoms with Gasteiger partial charge in [-0.3, -0.25) is 4.79 Å². The van der Waals surface area contributed by atoms with Gasteiger partial charge in [0.25, 0.3) is 5.91 Å². The molecular weight excluding hydrogens is 392 g/mol. The minimum atomic E-state index is -0.923. The molecule has 1 aliphatic carbocycles. The predicted molar refractivity (Wildman–Crippen MR) is 108 cm³/mol. The predicted octanol–water partition coefficient (Wildman–Crippen LogP) is 3.74. The van der Waals surface area contributed by atoms with E-state index in [4.69, 9.17) is 21.1 Å². The van der Waals surface area contributed by atoms with Gasteiger partial charge in [-0.25, -0.2) is 4.79 Å². The zero-order chi connectivity index (χ0) is 20.9. The minimum Gasteiger partial charge on any atom is -0.480 e. The summed E-state index contributed by atoms with van der Waals surface area (Å²) < 4.78 is 10.3. The fraction of sp³-hybridized carbons (Fsp3) is 0.318. The fourth-order valence-corrected chi connectivity index (χ4v) is 3.20. The molecule has 1 fully saturated rings. The Morgan fingerprint density at radius 2 is 1.90 bits per heavy atom. The number of nitriles is 1. The Morgan fingerprint density at radius 3 is 2.52 bits per heavy atom. The molecule has 0 aromatic heterocycles. The van der Waals surface area contributed by atoms with E-state index in [-0.39, 0.29) is 12.5 Å². The molecule has 150 valence electrons. The van der Waals surface area contributed by atoms with E-state index >= 15 is 0 Å². The topological polar surface area (TPSA) is 88.4 Å². The van der Waals surface area contributed by atoms with Gasteiger partial charge in [-0.1, -0.05) is 48.0 Å². The van der Waals surface area contributed by atoms with E-state index in [0.29, 0.717) is 10.8 Å². The zero-order valence-corrected chi connectivity index (χ0v) is 16.7. The molecule has 0 saturated heterocycles. The highest BCUT2D eigenvalue weighted by atomic mass is 35.5. The van der Waals surface area contributed by atoms with Gasteiger partial charge in [0.15, 0.2) is 13.2 Å². The fourth-order valence-electron chi connectivity index (χ4n) is 2.96. The molecule has 0 spiro atoms. The van der Waals surface area contributed by atoms with Crippen molar-refractivity contribution in [3.05, 3.63) is 53.6 Å². The second-order valence-electron chi connectivity index (χ2n) is 7.10. The summed E-state index contributed by atoms with van der Waals surface area (Å²) in [5.74, 6) is -0.719. The lowest BCUT2D eigenvalue weighted by atomic mass is 9.98. The molecule has 0 heterocycles. The summed E-state index contributed by atoms with van der Waals surface area (Å²) in [5.41, 5.74) is 1.02. The summed E-state index contributed by atoms with van der Waals surface area (Å²) in [5, 5.41) is 12.2. The third-order valence-corrected chi connectivity index (χ3v) is 5.07. The van der Waals surface area contributed by atoms with Crippen LogP contribution in [-0.4, -0.2) is 30.6 Å².